The second-order valence-corrected chi connectivity index (χ2v) is 4.65. The van der Waals surface area contributed by atoms with Crippen LogP contribution in [0.15, 0.2) is 28.7 Å². The Hall–Kier alpha value is -1.42. The van der Waals surface area contributed by atoms with Crippen LogP contribution in [0.2, 0.25) is 0 Å². The molecule has 2 aromatic rings. The molecule has 3 rings (SSSR count). The molecule has 0 unspecified atom stereocenters. The third kappa shape index (κ3) is 1.33. The van der Waals surface area contributed by atoms with E-state index in [0.29, 0.717) is 0 Å². The molecule has 1 aromatic heterocycles. The van der Waals surface area contributed by atoms with Crippen molar-refractivity contribution in [1.29, 1.82) is 0 Å². The van der Waals surface area contributed by atoms with Crippen LogP contribution in [0.3, 0.4) is 0 Å². The largest absolute Gasteiger partial charge is 0.372 e. The first-order valence-electron chi connectivity index (χ1n) is 5.11. The predicted molar refractivity (Wildman–Crippen MR) is 67.5 cm³/mol. The summed E-state index contributed by atoms with van der Waals surface area (Å²) in [5.41, 5.74) is 4.75. The van der Waals surface area contributed by atoms with Gasteiger partial charge in [0, 0.05) is 23.5 Å². The van der Waals surface area contributed by atoms with Gasteiger partial charge >= 0.3 is 0 Å². The molecule has 16 heavy (non-hydrogen) atoms. The molecule has 0 aliphatic heterocycles. The van der Waals surface area contributed by atoms with Crippen LogP contribution in [0, 0.1) is 0 Å². The van der Waals surface area contributed by atoms with Gasteiger partial charge < -0.3 is 5.32 Å². The van der Waals surface area contributed by atoms with Crippen molar-refractivity contribution in [3.63, 3.8) is 0 Å². The quantitative estimate of drug-likeness (QED) is 0.742. The smallest absolute Gasteiger partial charge is 0.148 e. The number of halogens is 1. The van der Waals surface area contributed by atoms with Gasteiger partial charge in [0.05, 0.1) is 5.69 Å². The predicted octanol–water partition coefficient (Wildman–Crippen LogP) is 2.85. The highest BCUT2D eigenvalue weighted by atomic mass is 79.9. The second kappa shape index (κ2) is 3.56. The van der Waals surface area contributed by atoms with Crippen LogP contribution in [0.1, 0.15) is 11.1 Å². The van der Waals surface area contributed by atoms with Gasteiger partial charge in [0.15, 0.2) is 0 Å². The highest BCUT2D eigenvalue weighted by molar-refractivity contribution is 9.10. The van der Waals surface area contributed by atoms with Crippen LogP contribution in [-0.2, 0) is 6.42 Å². The van der Waals surface area contributed by atoms with Crippen LogP contribution in [0.5, 0.6) is 0 Å². The SMILES string of the molecule is CNc1cc2c(nn1)-c1cccc(Br)c1C2. The number of nitrogens with one attached hydrogen (secondary N) is 1. The first kappa shape index (κ1) is 9.78. The van der Waals surface area contributed by atoms with E-state index in [1.807, 2.05) is 13.1 Å². The lowest BCUT2D eigenvalue weighted by molar-refractivity contribution is 1.02. The van der Waals surface area contributed by atoms with E-state index in [-0.39, 0.29) is 0 Å². The molecule has 1 aliphatic rings. The van der Waals surface area contributed by atoms with E-state index in [1.54, 1.807) is 0 Å². The molecule has 1 N–H and O–H groups in total. The summed E-state index contributed by atoms with van der Waals surface area (Å²) in [5.74, 6) is 0.822. The van der Waals surface area contributed by atoms with Crippen LogP contribution in [0.4, 0.5) is 5.82 Å². The average molecular weight is 276 g/mol. The van der Waals surface area contributed by atoms with Crippen molar-refractivity contribution < 1.29 is 0 Å². The fourth-order valence-electron chi connectivity index (χ4n) is 2.06. The zero-order valence-electron chi connectivity index (χ0n) is 8.79. The fraction of sp³-hybridized carbons (Fsp3) is 0.167. The molecule has 0 spiro atoms. The molecule has 0 bridgehead atoms. The minimum Gasteiger partial charge on any atom is -0.372 e. The van der Waals surface area contributed by atoms with Crippen molar-refractivity contribution in [2.75, 3.05) is 12.4 Å². The van der Waals surface area contributed by atoms with Crippen molar-refractivity contribution in [2.45, 2.75) is 6.42 Å². The van der Waals surface area contributed by atoms with E-state index in [4.69, 9.17) is 0 Å². The Bertz CT molecular complexity index is 566. The molecule has 1 heterocycles. The standard InChI is InChI=1S/C12H10BrN3/c1-14-11-6-7-5-9-8(12(7)16-15-11)3-2-4-10(9)13/h2-4,6H,5H2,1H3,(H,14,15). The first-order valence-corrected chi connectivity index (χ1v) is 5.91. The molecule has 4 heteroatoms. The van der Waals surface area contributed by atoms with E-state index < -0.39 is 0 Å². The summed E-state index contributed by atoms with van der Waals surface area (Å²) >= 11 is 3.58. The number of benzene rings is 1. The molecule has 0 amide bonds. The number of anilines is 1. The number of nitrogens with zero attached hydrogens (tertiary/aromatic N) is 2. The van der Waals surface area contributed by atoms with Crippen molar-refractivity contribution in [3.05, 3.63) is 39.9 Å². The number of hydrogen-bond donors (Lipinski definition) is 1. The maximum Gasteiger partial charge on any atom is 0.148 e. The Labute approximate surface area is 102 Å². The van der Waals surface area contributed by atoms with Gasteiger partial charge in [0.2, 0.25) is 0 Å². The Morgan fingerprint density at radius 3 is 3.00 bits per heavy atom. The monoisotopic (exact) mass is 275 g/mol. The number of aromatic nitrogens is 2. The minimum absolute atomic E-state index is 0.822. The van der Waals surface area contributed by atoms with Gasteiger partial charge in [0.25, 0.3) is 0 Å². The summed E-state index contributed by atoms with van der Waals surface area (Å²) in [4.78, 5) is 0. The van der Waals surface area contributed by atoms with E-state index >= 15 is 0 Å². The van der Waals surface area contributed by atoms with Crippen molar-refractivity contribution in [3.8, 4) is 11.3 Å². The normalized spacial score (nSPS) is 12.1. The topological polar surface area (TPSA) is 37.8 Å². The lowest BCUT2D eigenvalue weighted by Crippen LogP contribution is -1.96. The Morgan fingerprint density at radius 1 is 1.31 bits per heavy atom. The molecule has 3 nitrogen and oxygen atoms in total. The molecular weight excluding hydrogens is 266 g/mol. The summed E-state index contributed by atoms with van der Waals surface area (Å²) in [7, 11) is 1.86. The first-order chi connectivity index (χ1) is 7.79. The zero-order valence-corrected chi connectivity index (χ0v) is 10.4. The van der Waals surface area contributed by atoms with E-state index in [1.165, 1.54) is 16.7 Å². The van der Waals surface area contributed by atoms with Crippen molar-refractivity contribution in [2.24, 2.45) is 0 Å². The molecule has 1 aromatic carbocycles. The van der Waals surface area contributed by atoms with Crippen molar-refractivity contribution >= 4 is 21.7 Å². The summed E-state index contributed by atoms with van der Waals surface area (Å²) in [6.45, 7) is 0. The molecule has 1 aliphatic carbocycles. The fourth-order valence-corrected chi connectivity index (χ4v) is 2.57. The molecule has 80 valence electrons. The highest BCUT2D eigenvalue weighted by Gasteiger charge is 2.22. The Balaban J connectivity index is 2.20. The van der Waals surface area contributed by atoms with Crippen LogP contribution in [-0.4, -0.2) is 17.2 Å². The van der Waals surface area contributed by atoms with Gasteiger partial charge in [-0.05, 0) is 23.3 Å². The van der Waals surface area contributed by atoms with Crippen LogP contribution < -0.4 is 5.32 Å². The number of hydrogen-bond acceptors (Lipinski definition) is 3. The van der Waals surface area contributed by atoms with Gasteiger partial charge in [-0.25, -0.2) is 0 Å². The lowest BCUT2D eigenvalue weighted by atomic mass is 10.1. The Morgan fingerprint density at radius 2 is 2.19 bits per heavy atom. The second-order valence-electron chi connectivity index (χ2n) is 3.80. The maximum atomic E-state index is 4.28. The van der Waals surface area contributed by atoms with E-state index in [9.17, 15) is 0 Å². The van der Waals surface area contributed by atoms with Gasteiger partial charge in [-0.3, -0.25) is 0 Å². The maximum absolute atomic E-state index is 4.28. The van der Waals surface area contributed by atoms with Crippen LogP contribution >= 0.6 is 15.9 Å². The van der Waals surface area contributed by atoms with Crippen LogP contribution in [0.25, 0.3) is 11.3 Å². The average Bonchev–Trinajstić information content (AvgIpc) is 2.68. The molecule has 0 saturated heterocycles. The molecule has 0 fully saturated rings. The van der Waals surface area contributed by atoms with Gasteiger partial charge in [0.1, 0.15) is 5.82 Å². The van der Waals surface area contributed by atoms with Gasteiger partial charge in [-0.2, -0.15) is 0 Å². The zero-order chi connectivity index (χ0) is 11.1. The molecular formula is C12H10BrN3. The summed E-state index contributed by atoms with van der Waals surface area (Å²) < 4.78 is 1.15. The third-order valence-electron chi connectivity index (χ3n) is 2.87. The van der Waals surface area contributed by atoms with Gasteiger partial charge in [-0.15, -0.1) is 10.2 Å². The number of fused-ring (bicyclic) bond motifs is 3. The summed E-state index contributed by atoms with van der Waals surface area (Å²) in [6, 6.07) is 8.26. The lowest BCUT2D eigenvalue weighted by Gasteiger charge is -2.01. The molecule has 0 saturated carbocycles. The van der Waals surface area contributed by atoms with E-state index in [0.717, 1.165) is 22.4 Å². The summed E-state index contributed by atoms with van der Waals surface area (Å²) in [5, 5.41) is 11.4. The molecule has 0 atom stereocenters. The van der Waals surface area contributed by atoms with E-state index in [2.05, 4.69) is 49.6 Å². The van der Waals surface area contributed by atoms with Crippen molar-refractivity contribution in [1.82, 2.24) is 10.2 Å². The third-order valence-corrected chi connectivity index (χ3v) is 3.61. The Kier molecular flexibility index (Phi) is 2.17. The van der Waals surface area contributed by atoms with Gasteiger partial charge in [-0.1, -0.05) is 28.1 Å². The minimum atomic E-state index is 0.822. The molecule has 0 radical (unpaired) electrons. The highest BCUT2D eigenvalue weighted by Crippen LogP contribution is 2.38. The summed E-state index contributed by atoms with van der Waals surface area (Å²) in [6.07, 6.45) is 0.927. The number of rotatable bonds is 1.